The van der Waals surface area contributed by atoms with E-state index in [1.807, 2.05) is 36.4 Å². The molecule has 0 fully saturated rings. The number of esters is 2. The summed E-state index contributed by atoms with van der Waals surface area (Å²) in [6.45, 7) is 0.796. The van der Waals surface area contributed by atoms with Gasteiger partial charge in [0.15, 0.2) is 11.4 Å². The number of aromatic amines is 1. The molecule has 33 heavy (non-hydrogen) atoms. The van der Waals surface area contributed by atoms with Gasteiger partial charge in [0.25, 0.3) is 0 Å². The van der Waals surface area contributed by atoms with Crippen molar-refractivity contribution in [2.75, 3.05) is 31.4 Å². The Kier molecular flexibility index (Phi) is 6.54. The van der Waals surface area contributed by atoms with Crippen molar-refractivity contribution < 1.29 is 19.1 Å². The van der Waals surface area contributed by atoms with Gasteiger partial charge in [0, 0.05) is 40.7 Å². The zero-order chi connectivity index (χ0) is 23.2. The molecule has 2 aromatic heterocycles. The van der Waals surface area contributed by atoms with Crippen LogP contribution in [0.15, 0.2) is 66.9 Å². The molecule has 4 aromatic rings. The fourth-order valence-corrected chi connectivity index (χ4v) is 3.54. The molecule has 8 nitrogen and oxygen atoms in total. The Morgan fingerprint density at radius 1 is 0.879 bits per heavy atom. The van der Waals surface area contributed by atoms with Gasteiger partial charge in [-0.05, 0) is 54.4 Å². The molecule has 3 N–H and O–H groups in total. The molecule has 0 aliphatic carbocycles. The van der Waals surface area contributed by atoms with Gasteiger partial charge in [0.2, 0.25) is 0 Å². The highest BCUT2D eigenvalue weighted by atomic mass is 16.5. The molecule has 168 valence electrons. The number of para-hydroxylation sites is 1. The Bertz CT molecular complexity index is 1250. The molecule has 0 saturated heterocycles. The van der Waals surface area contributed by atoms with Gasteiger partial charge in [0.05, 0.1) is 14.2 Å². The number of ether oxygens (including phenoxy) is 2. The number of hydrogen-bond acceptors (Lipinski definition) is 7. The van der Waals surface area contributed by atoms with Gasteiger partial charge in [-0.3, -0.25) is 0 Å². The molecule has 0 atom stereocenters. The summed E-state index contributed by atoms with van der Waals surface area (Å²) in [5.41, 5.74) is 4.74. The monoisotopic (exact) mass is 444 g/mol. The molecule has 0 radical (unpaired) electrons. The number of carbonyl (C=O) groups is 2. The first-order valence-corrected chi connectivity index (χ1v) is 10.4. The van der Waals surface area contributed by atoms with E-state index in [4.69, 9.17) is 9.47 Å². The summed E-state index contributed by atoms with van der Waals surface area (Å²) in [5.74, 6) is -1.28. The number of rotatable bonds is 8. The maximum Gasteiger partial charge on any atom is 0.356 e. The zero-order valence-electron chi connectivity index (χ0n) is 18.3. The Morgan fingerprint density at radius 2 is 1.52 bits per heavy atom. The maximum absolute atomic E-state index is 11.9. The van der Waals surface area contributed by atoms with E-state index in [0.717, 1.165) is 29.9 Å². The summed E-state index contributed by atoms with van der Waals surface area (Å²) in [4.78, 5) is 31.1. The van der Waals surface area contributed by atoms with Crippen LogP contribution in [0, 0.1) is 0 Å². The van der Waals surface area contributed by atoms with Crippen LogP contribution >= 0.6 is 0 Å². The number of hydrogen-bond donors (Lipinski definition) is 3. The molecular formula is C25H24N4O4. The number of carbonyl (C=O) groups excluding carboxylic acids is 2. The number of benzene rings is 2. The van der Waals surface area contributed by atoms with E-state index >= 15 is 0 Å². The summed E-state index contributed by atoms with van der Waals surface area (Å²) in [7, 11) is 2.51. The van der Waals surface area contributed by atoms with Crippen molar-refractivity contribution in [3.05, 3.63) is 83.8 Å². The lowest BCUT2D eigenvalue weighted by Crippen LogP contribution is -2.11. The van der Waals surface area contributed by atoms with E-state index in [-0.39, 0.29) is 11.4 Å². The molecule has 0 bridgehead atoms. The van der Waals surface area contributed by atoms with Gasteiger partial charge in [-0.15, -0.1) is 0 Å². The molecule has 0 saturated carbocycles. The quantitative estimate of drug-likeness (QED) is 0.343. The molecule has 0 spiro atoms. The van der Waals surface area contributed by atoms with Crippen LogP contribution in [0.4, 0.5) is 17.1 Å². The summed E-state index contributed by atoms with van der Waals surface area (Å²) in [6, 6.07) is 19.0. The fourth-order valence-electron chi connectivity index (χ4n) is 3.54. The van der Waals surface area contributed by atoms with Crippen LogP contribution < -0.4 is 10.6 Å². The van der Waals surface area contributed by atoms with Crippen LogP contribution in [0.5, 0.6) is 0 Å². The van der Waals surface area contributed by atoms with Crippen molar-refractivity contribution in [1.29, 1.82) is 0 Å². The first-order valence-electron chi connectivity index (χ1n) is 10.4. The Morgan fingerprint density at radius 3 is 2.18 bits per heavy atom. The summed E-state index contributed by atoms with van der Waals surface area (Å²) in [6.07, 6.45) is 2.95. The van der Waals surface area contributed by atoms with Gasteiger partial charge in [0.1, 0.15) is 0 Å². The van der Waals surface area contributed by atoms with Gasteiger partial charge >= 0.3 is 11.9 Å². The fraction of sp³-hybridized carbons (Fsp3) is 0.160. The van der Waals surface area contributed by atoms with Crippen LogP contribution in [-0.4, -0.2) is 42.7 Å². The predicted octanol–water partition coefficient (Wildman–Crippen LogP) is 4.53. The Hall–Kier alpha value is -4.33. The van der Waals surface area contributed by atoms with E-state index in [0.29, 0.717) is 5.69 Å². The van der Waals surface area contributed by atoms with Crippen LogP contribution in [0.2, 0.25) is 0 Å². The number of H-pyrrole nitrogens is 1. The number of anilines is 3. The number of fused-ring (bicyclic) bond motifs is 1. The average Bonchev–Trinajstić information content (AvgIpc) is 3.27. The number of aromatic nitrogens is 2. The molecule has 0 amide bonds. The second-order valence-corrected chi connectivity index (χ2v) is 7.35. The van der Waals surface area contributed by atoms with E-state index in [2.05, 4.69) is 38.9 Å². The number of nitrogens with one attached hydrogen (secondary N) is 3. The van der Waals surface area contributed by atoms with Crippen molar-refractivity contribution in [1.82, 2.24) is 9.97 Å². The number of methoxy groups -OCH3 is 2. The number of nitrogens with zero attached hydrogens (tertiary/aromatic N) is 1. The maximum atomic E-state index is 11.9. The third-order valence-electron chi connectivity index (χ3n) is 5.19. The van der Waals surface area contributed by atoms with E-state index in [1.54, 1.807) is 0 Å². The second kappa shape index (κ2) is 9.86. The summed E-state index contributed by atoms with van der Waals surface area (Å²) >= 11 is 0. The van der Waals surface area contributed by atoms with E-state index in [9.17, 15) is 9.59 Å². The molecule has 2 heterocycles. The second-order valence-electron chi connectivity index (χ2n) is 7.35. The zero-order valence-corrected chi connectivity index (χ0v) is 18.3. The highest BCUT2D eigenvalue weighted by Crippen LogP contribution is 2.22. The van der Waals surface area contributed by atoms with Crippen molar-refractivity contribution in [3.63, 3.8) is 0 Å². The van der Waals surface area contributed by atoms with Gasteiger partial charge in [-0.1, -0.05) is 18.2 Å². The Labute approximate surface area is 190 Å². The lowest BCUT2D eigenvalue weighted by molar-refractivity contribution is 0.0586. The third kappa shape index (κ3) is 5.12. The van der Waals surface area contributed by atoms with Crippen molar-refractivity contribution in [3.8, 4) is 0 Å². The molecule has 2 aromatic carbocycles. The Balaban J connectivity index is 1.41. The van der Waals surface area contributed by atoms with Crippen molar-refractivity contribution in [2.24, 2.45) is 0 Å². The van der Waals surface area contributed by atoms with Gasteiger partial charge in [-0.25, -0.2) is 14.6 Å². The lowest BCUT2D eigenvalue weighted by Gasteiger charge is -2.11. The molecular weight excluding hydrogens is 420 g/mol. The van der Waals surface area contributed by atoms with Crippen LogP contribution in [0.3, 0.4) is 0 Å². The predicted molar refractivity (Wildman–Crippen MR) is 127 cm³/mol. The third-order valence-corrected chi connectivity index (χ3v) is 5.19. The molecule has 0 unspecified atom stereocenters. The van der Waals surface area contributed by atoms with E-state index in [1.165, 1.54) is 37.3 Å². The first-order chi connectivity index (χ1) is 16.1. The largest absolute Gasteiger partial charge is 0.464 e. The minimum Gasteiger partial charge on any atom is -0.464 e. The molecule has 0 aliphatic rings. The van der Waals surface area contributed by atoms with Crippen molar-refractivity contribution in [2.45, 2.75) is 6.42 Å². The van der Waals surface area contributed by atoms with Crippen molar-refractivity contribution >= 4 is 39.9 Å². The molecule has 8 heteroatoms. The van der Waals surface area contributed by atoms with Crippen LogP contribution in [0.25, 0.3) is 10.9 Å². The van der Waals surface area contributed by atoms with Gasteiger partial charge in [-0.2, -0.15) is 0 Å². The highest BCUT2D eigenvalue weighted by molar-refractivity contribution is 5.93. The lowest BCUT2D eigenvalue weighted by atomic mass is 10.1. The normalized spacial score (nSPS) is 10.6. The SMILES string of the molecule is COC(=O)c1cc(Nc2ccc(NCCc3c[nH]c4ccccc34)cc2)cc(C(=O)OC)n1. The van der Waals surface area contributed by atoms with E-state index < -0.39 is 11.9 Å². The standard InChI is InChI=1S/C25H24N4O4/c1-32-24(30)22-13-19(14-23(29-22)25(31)33-2)28-18-9-7-17(8-10-18)26-12-11-16-15-27-21-6-4-3-5-20(16)21/h3-10,13-15,26-27H,11-12H2,1-2H3,(H,28,29). The minimum atomic E-state index is -0.640. The summed E-state index contributed by atoms with van der Waals surface area (Å²) in [5, 5.41) is 7.85. The summed E-state index contributed by atoms with van der Waals surface area (Å²) < 4.78 is 9.44. The number of pyridine rings is 1. The minimum absolute atomic E-state index is 0.0125. The molecule has 4 rings (SSSR count). The average molecular weight is 444 g/mol. The smallest absolute Gasteiger partial charge is 0.356 e. The topological polar surface area (TPSA) is 105 Å². The first kappa shape index (κ1) is 21.9. The highest BCUT2D eigenvalue weighted by Gasteiger charge is 2.16. The van der Waals surface area contributed by atoms with Gasteiger partial charge < -0.3 is 25.1 Å². The molecule has 0 aliphatic heterocycles. The van der Waals surface area contributed by atoms with Crippen LogP contribution in [-0.2, 0) is 15.9 Å². The van der Waals surface area contributed by atoms with Crippen LogP contribution in [0.1, 0.15) is 26.5 Å².